The van der Waals surface area contributed by atoms with E-state index < -0.39 is 0 Å². The van der Waals surface area contributed by atoms with Gasteiger partial charge in [-0.3, -0.25) is 5.32 Å². The average molecular weight is 167 g/mol. The smallest absolute Gasteiger partial charge is 0.199 e. The van der Waals surface area contributed by atoms with Gasteiger partial charge in [-0.25, -0.2) is 4.98 Å². The van der Waals surface area contributed by atoms with Crippen molar-refractivity contribution in [3.8, 4) is 0 Å². The van der Waals surface area contributed by atoms with E-state index in [4.69, 9.17) is 4.42 Å². The van der Waals surface area contributed by atoms with Crippen LogP contribution in [0, 0.1) is 20.8 Å². The zero-order valence-electron chi connectivity index (χ0n) is 8.06. The van der Waals surface area contributed by atoms with Crippen LogP contribution in [0.1, 0.15) is 24.3 Å². The van der Waals surface area contributed by atoms with Crippen LogP contribution in [0.3, 0.4) is 0 Å². The molecule has 1 N–H and O–H groups in total. The Morgan fingerprint density at radius 3 is 2.42 bits per heavy atom. The highest BCUT2D eigenvalue weighted by Crippen LogP contribution is 2.22. The van der Waals surface area contributed by atoms with E-state index in [9.17, 15) is 0 Å². The molecule has 0 aliphatic heterocycles. The van der Waals surface area contributed by atoms with Gasteiger partial charge in [-0.05, 0) is 14.0 Å². The van der Waals surface area contributed by atoms with E-state index in [1.165, 1.54) is 0 Å². The molecule has 0 bridgehead atoms. The molecule has 0 spiro atoms. The van der Waals surface area contributed by atoms with Gasteiger partial charge in [0.2, 0.25) is 0 Å². The zero-order chi connectivity index (χ0) is 9.35. The highest BCUT2D eigenvalue weighted by molar-refractivity contribution is 5.19. The molecule has 1 atom stereocenters. The molecule has 0 aliphatic carbocycles. The lowest BCUT2D eigenvalue weighted by Gasteiger charge is -2.13. The van der Waals surface area contributed by atoms with Crippen molar-refractivity contribution in [1.82, 2.24) is 10.3 Å². The minimum absolute atomic E-state index is 0.359. The number of hydrogen-bond acceptors (Lipinski definition) is 3. The zero-order valence-corrected chi connectivity index (χ0v) is 8.06. The molecule has 3 nitrogen and oxygen atoms in total. The van der Waals surface area contributed by atoms with Crippen molar-refractivity contribution in [3.05, 3.63) is 24.3 Å². The van der Waals surface area contributed by atoms with E-state index in [0.29, 0.717) is 5.89 Å². The van der Waals surface area contributed by atoms with E-state index >= 15 is 0 Å². The maximum absolute atomic E-state index is 5.31. The van der Waals surface area contributed by atoms with Gasteiger partial charge in [0.05, 0.1) is 6.92 Å². The molecule has 0 aromatic carbocycles. The van der Waals surface area contributed by atoms with E-state index in [1.807, 2.05) is 27.8 Å². The van der Waals surface area contributed by atoms with Gasteiger partial charge in [0, 0.05) is 13.8 Å². The summed E-state index contributed by atoms with van der Waals surface area (Å²) in [7, 11) is 1.86. The minimum atomic E-state index is -0.359. The molecule has 0 saturated heterocycles. The van der Waals surface area contributed by atoms with Crippen LogP contribution in [0.4, 0.5) is 0 Å². The van der Waals surface area contributed by atoms with Crippen molar-refractivity contribution in [1.29, 1.82) is 0 Å². The number of hydrogen-bond donors (Lipinski definition) is 1. The number of oxazole rings is 1. The minimum Gasteiger partial charge on any atom is -0.446 e. The van der Waals surface area contributed by atoms with Crippen LogP contribution in [-0.4, -0.2) is 12.0 Å². The van der Waals surface area contributed by atoms with Gasteiger partial charge in [0.15, 0.2) is 11.4 Å². The number of aryl methyl sites for hydroxylation is 2. The highest BCUT2D eigenvalue weighted by atomic mass is 16.4. The standard InChI is InChI=1S/C9H15N2O/c1-6-8(9(3,4)10-5)11-7(2)12-6/h10H,3H2,1-2,4-5H3/q+1. The second-order valence-electron chi connectivity index (χ2n) is 3.22. The van der Waals surface area contributed by atoms with Gasteiger partial charge < -0.3 is 4.42 Å². The Kier molecular flexibility index (Phi) is 2.15. The summed E-state index contributed by atoms with van der Waals surface area (Å²) < 4.78 is 5.31. The molecule has 1 heterocycles. The summed E-state index contributed by atoms with van der Waals surface area (Å²) in [6.07, 6.45) is 0. The van der Waals surface area contributed by atoms with E-state index in [-0.39, 0.29) is 5.54 Å². The molecule has 0 radical (unpaired) electrons. The van der Waals surface area contributed by atoms with E-state index in [1.54, 1.807) is 0 Å². The Labute approximate surface area is 73.2 Å². The van der Waals surface area contributed by atoms with E-state index in [2.05, 4.69) is 17.2 Å². The molecule has 1 aromatic heterocycles. The lowest BCUT2D eigenvalue weighted by atomic mass is 10.00. The summed E-state index contributed by atoms with van der Waals surface area (Å²) in [5.74, 6) is 1.52. The predicted molar refractivity (Wildman–Crippen MR) is 47.7 cm³/mol. The third kappa shape index (κ3) is 1.46. The van der Waals surface area contributed by atoms with Crippen LogP contribution in [0.2, 0.25) is 0 Å². The first-order chi connectivity index (χ1) is 5.47. The van der Waals surface area contributed by atoms with Crippen LogP contribution in [0.25, 0.3) is 0 Å². The van der Waals surface area contributed by atoms with E-state index in [0.717, 1.165) is 11.5 Å². The first kappa shape index (κ1) is 9.13. The normalized spacial score (nSPS) is 16.0. The summed E-state index contributed by atoms with van der Waals surface area (Å²) in [4.78, 5) is 4.26. The topological polar surface area (TPSA) is 38.1 Å². The van der Waals surface area contributed by atoms with Gasteiger partial charge in [-0.15, -0.1) is 0 Å². The van der Waals surface area contributed by atoms with Gasteiger partial charge >= 0.3 is 0 Å². The molecule has 0 saturated carbocycles. The Morgan fingerprint density at radius 1 is 1.50 bits per heavy atom. The largest absolute Gasteiger partial charge is 0.446 e. The van der Waals surface area contributed by atoms with Crippen LogP contribution >= 0.6 is 0 Å². The monoisotopic (exact) mass is 167 g/mol. The first-order valence-electron chi connectivity index (χ1n) is 3.96. The summed E-state index contributed by atoms with van der Waals surface area (Å²) >= 11 is 0. The Balaban J connectivity index is 3.09. The maximum atomic E-state index is 5.31. The average Bonchev–Trinajstić information content (AvgIpc) is 2.31. The first-order valence-corrected chi connectivity index (χ1v) is 3.96. The molecule has 12 heavy (non-hydrogen) atoms. The molecular formula is C9H15N2O+. The molecular weight excluding hydrogens is 152 g/mol. The summed E-state index contributed by atoms with van der Waals surface area (Å²) in [6, 6.07) is 0. The van der Waals surface area contributed by atoms with Crippen molar-refractivity contribution >= 4 is 0 Å². The maximum Gasteiger partial charge on any atom is 0.199 e. The van der Waals surface area contributed by atoms with Crippen LogP contribution in [0.15, 0.2) is 4.42 Å². The fourth-order valence-electron chi connectivity index (χ4n) is 1.16. The number of aromatic nitrogens is 1. The number of nitrogens with one attached hydrogen (secondary N) is 1. The third-order valence-corrected chi connectivity index (χ3v) is 1.98. The molecule has 0 fully saturated rings. The molecule has 1 aromatic rings. The van der Waals surface area contributed by atoms with Crippen molar-refractivity contribution in [3.63, 3.8) is 0 Å². The Bertz CT molecular complexity index is 276. The predicted octanol–water partition coefficient (Wildman–Crippen LogP) is 1.56. The van der Waals surface area contributed by atoms with Gasteiger partial charge in [-0.2, -0.15) is 0 Å². The lowest BCUT2D eigenvalue weighted by molar-refractivity contribution is 0.461. The van der Waals surface area contributed by atoms with Crippen LogP contribution < -0.4 is 5.32 Å². The second-order valence-corrected chi connectivity index (χ2v) is 3.22. The highest BCUT2D eigenvalue weighted by Gasteiger charge is 2.31. The van der Waals surface area contributed by atoms with Crippen molar-refractivity contribution < 1.29 is 4.42 Å². The van der Waals surface area contributed by atoms with Crippen molar-refractivity contribution in [2.45, 2.75) is 26.3 Å². The molecule has 0 amide bonds. The molecule has 3 heteroatoms. The second kappa shape index (κ2) is 2.83. The summed E-state index contributed by atoms with van der Waals surface area (Å²) in [6.45, 7) is 9.70. The van der Waals surface area contributed by atoms with Crippen LogP contribution in [-0.2, 0) is 5.54 Å². The number of nitrogens with zero attached hydrogens (tertiary/aromatic N) is 1. The van der Waals surface area contributed by atoms with Gasteiger partial charge in [-0.1, -0.05) is 0 Å². The summed E-state index contributed by atoms with van der Waals surface area (Å²) in [5, 5.41) is 3.08. The molecule has 1 unspecified atom stereocenters. The third-order valence-electron chi connectivity index (χ3n) is 1.98. The fraction of sp³-hybridized carbons (Fsp3) is 0.556. The number of rotatable bonds is 2. The summed E-state index contributed by atoms with van der Waals surface area (Å²) in [5.41, 5.74) is 0.518. The van der Waals surface area contributed by atoms with Gasteiger partial charge in [0.25, 0.3) is 0 Å². The van der Waals surface area contributed by atoms with Gasteiger partial charge in [0.1, 0.15) is 11.5 Å². The van der Waals surface area contributed by atoms with Crippen molar-refractivity contribution in [2.24, 2.45) is 0 Å². The quantitative estimate of drug-likeness (QED) is 0.679. The molecule has 1 rings (SSSR count). The fourth-order valence-corrected chi connectivity index (χ4v) is 1.16. The van der Waals surface area contributed by atoms with Crippen LogP contribution in [0.5, 0.6) is 0 Å². The molecule has 0 aliphatic rings. The SMILES string of the molecule is [CH2+]C(C)(NC)c1nc(C)oc1C. The van der Waals surface area contributed by atoms with Crippen molar-refractivity contribution in [2.75, 3.05) is 7.05 Å². The Morgan fingerprint density at radius 2 is 2.08 bits per heavy atom. The Hall–Kier alpha value is -0.960. The lowest BCUT2D eigenvalue weighted by Crippen LogP contribution is -2.34. The molecule has 66 valence electrons.